The summed E-state index contributed by atoms with van der Waals surface area (Å²) in [7, 11) is 0. The molecule has 1 saturated heterocycles. The molecule has 2 aliphatic heterocycles. The Morgan fingerprint density at radius 1 is 1.07 bits per heavy atom. The third kappa shape index (κ3) is 3.09. The van der Waals surface area contributed by atoms with Crippen molar-refractivity contribution in [2.45, 2.75) is 18.5 Å². The van der Waals surface area contributed by atoms with Crippen LogP contribution in [0.5, 0.6) is 0 Å². The number of nitrogens with one attached hydrogen (secondary N) is 2. The number of carbonyl (C=O) groups is 2. The van der Waals surface area contributed by atoms with Crippen LogP contribution in [0.2, 0.25) is 5.02 Å². The first kappa shape index (κ1) is 17.9. The van der Waals surface area contributed by atoms with Crippen LogP contribution in [0.4, 0.5) is 5.69 Å². The first-order valence-electron chi connectivity index (χ1n) is 9.58. The molecule has 0 bridgehead atoms. The highest BCUT2D eigenvalue weighted by Crippen LogP contribution is 2.33. The third-order valence-corrected chi connectivity index (χ3v) is 5.96. The Bertz CT molecular complexity index is 1130. The van der Waals surface area contributed by atoms with E-state index in [1.165, 1.54) is 0 Å². The first-order chi connectivity index (χ1) is 14.0. The maximum atomic E-state index is 13.1. The molecule has 1 fully saturated rings. The number of pyridine rings is 1. The van der Waals surface area contributed by atoms with E-state index in [2.05, 4.69) is 15.6 Å². The van der Waals surface area contributed by atoms with Crippen molar-refractivity contribution in [1.29, 1.82) is 0 Å². The Morgan fingerprint density at radius 3 is 2.69 bits per heavy atom. The predicted molar refractivity (Wildman–Crippen MR) is 112 cm³/mol. The molecule has 2 aliphatic rings. The lowest BCUT2D eigenvalue weighted by molar-refractivity contribution is 0.0641. The SMILES string of the molecule is O=C1NC2(CCN(C(=O)c3cccc4cccnc34)CC2)Nc2ccc(Cl)cc21. The van der Waals surface area contributed by atoms with Crippen LogP contribution in [-0.4, -0.2) is 40.5 Å². The number of hydrogen-bond acceptors (Lipinski definition) is 4. The number of likely N-dealkylation sites (tertiary alicyclic amines) is 1. The molecule has 0 unspecified atom stereocenters. The van der Waals surface area contributed by atoms with E-state index in [9.17, 15) is 9.59 Å². The topological polar surface area (TPSA) is 74.3 Å². The average Bonchev–Trinajstić information content (AvgIpc) is 2.74. The van der Waals surface area contributed by atoms with E-state index in [4.69, 9.17) is 11.6 Å². The van der Waals surface area contributed by atoms with Crippen molar-refractivity contribution in [3.8, 4) is 0 Å². The van der Waals surface area contributed by atoms with Crippen LogP contribution < -0.4 is 10.6 Å². The minimum Gasteiger partial charge on any atom is -0.362 e. The number of halogens is 1. The lowest BCUT2D eigenvalue weighted by atomic mass is 9.92. The van der Waals surface area contributed by atoms with Gasteiger partial charge in [0.05, 0.1) is 16.6 Å². The number of benzene rings is 2. The van der Waals surface area contributed by atoms with Gasteiger partial charge >= 0.3 is 0 Å². The second-order valence-electron chi connectivity index (χ2n) is 7.52. The van der Waals surface area contributed by atoms with Gasteiger partial charge in [-0.2, -0.15) is 0 Å². The molecular formula is C22H19ClN4O2. The van der Waals surface area contributed by atoms with E-state index in [0.717, 1.165) is 16.6 Å². The molecule has 2 N–H and O–H groups in total. The molecule has 146 valence electrons. The number of anilines is 1. The minimum atomic E-state index is -0.550. The average molecular weight is 407 g/mol. The van der Waals surface area contributed by atoms with Crippen LogP contribution in [-0.2, 0) is 0 Å². The molecule has 6 nitrogen and oxygen atoms in total. The number of fused-ring (bicyclic) bond motifs is 2. The van der Waals surface area contributed by atoms with E-state index in [0.29, 0.717) is 42.1 Å². The van der Waals surface area contributed by atoms with E-state index in [1.54, 1.807) is 18.3 Å². The van der Waals surface area contributed by atoms with Crippen molar-refractivity contribution >= 4 is 40.0 Å². The Morgan fingerprint density at radius 2 is 1.86 bits per heavy atom. The highest BCUT2D eigenvalue weighted by Gasteiger charge is 2.41. The van der Waals surface area contributed by atoms with Gasteiger partial charge in [0.1, 0.15) is 5.66 Å². The summed E-state index contributed by atoms with van der Waals surface area (Å²) in [4.78, 5) is 32.0. The van der Waals surface area contributed by atoms with Gasteiger partial charge in [0.25, 0.3) is 11.8 Å². The lowest BCUT2D eigenvalue weighted by Gasteiger charge is -2.46. The fourth-order valence-corrected chi connectivity index (χ4v) is 4.35. The van der Waals surface area contributed by atoms with Crippen LogP contribution in [0.25, 0.3) is 10.9 Å². The summed E-state index contributed by atoms with van der Waals surface area (Å²) < 4.78 is 0. The van der Waals surface area contributed by atoms with E-state index in [1.807, 2.05) is 41.3 Å². The van der Waals surface area contributed by atoms with Crippen LogP contribution in [0.15, 0.2) is 54.7 Å². The highest BCUT2D eigenvalue weighted by molar-refractivity contribution is 6.31. The normalized spacial score (nSPS) is 17.6. The van der Waals surface area contributed by atoms with E-state index in [-0.39, 0.29) is 11.8 Å². The monoisotopic (exact) mass is 406 g/mol. The highest BCUT2D eigenvalue weighted by atomic mass is 35.5. The number of amides is 2. The van der Waals surface area contributed by atoms with Gasteiger partial charge < -0.3 is 15.5 Å². The van der Waals surface area contributed by atoms with Gasteiger partial charge in [-0.3, -0.25) is 14.6 Å². The van der Waals surface area contributed by atoms with Crippen molar-refractivity contribution < 1.29 is 9.59 Å². The molecule has 3 aromatic rings. The minimum absolute atomic E-state index is 0.0292. The molecule has 3 heterocycles. The van der Waals surface area contributed by atoms with Crippen molar-refractivity contribution in [3.05, 3.63) is 70.9 Å². The van der Waals surface area contributed by atoms with Crippen molar-refractivity contribution in [2.24, 2.45) is 0 Å². The zero-order chi connectivity index (χ0) is 20.0. The van der Waals surface area contributed by atoms with Crippen molar-refractivity contribution in [3.63, 3.8) is 0 Å². The molecule has 1 aromatic heterocycles. The summed E-state index contributed by atoms with van der Waals surface area (Å²) in [6.07, 6.45) is 2.94. The Balaban J connectivity index is 1.36. The molecule has 7 heteroatoms. The molecule has 2 aromatic carbocycles. The Hall–Kier alpha value is -3.12. The number of para-hydroxylation sites is 1. The number of aromatic nitrogens is 1. The van der Waals surface area contributed by atoms with Gasteiger partial charge in [0, 0.05) is 48.2 Å². The van der Waals surface area contributed by atoms with E-state index < -0.39 is 5.66 Å². The van der Waals surface area contributed by atoms with Gasteiger partial charge in [-0.15, -0.1) is 0 Å². The number of piperidine rings is 1. The van der Waals surface area contributed by atoms with E-state index >= 15 is 0 Å². The molecule has 0 atom stereocenters. The van der Waals surface area contributed by atoms with Crippen LogP contribution in [0, 0.1) is 0 Å². The third-order valence-electron chi connectivity index (χ3n) is 5.72. The molecule has 1 spiro atoms. The molecule has 5 rings (SSSR count). The Kier molecular flexibility index (Phi) is 4.17. The van der Waals surface area contributed by atoms with Crippen LogP contribution >= 0.6 is 11.6 Å². The number of rotatable bonds is 1. The zero-order valence-electron chi connectivity index (χ0n) is 15.6. The summed E-state index contributed by atoms with van der Waals surface area (Å²) in [5, 5.41) is 8.02. The second-order valence-corrected chi connectivity index (χ2v) is 7.96. The summed E-state index contributed by atoms with van der Waals surface area (Å²) in [6.45, 7) is 1.08. The lowest BCUT2D eigenvalue weighted by Crippen LogP contribution is -2.62. The van der Waals surface area contributed by atoms with Crippen LogP contribution in [0.3, 0.4) is 0 Å². The molecule has 29 heavy (non-hydrogen) atoms. The largest absolute Gasteiger partial charge is 0.362 e. The molecule has 0 saturated carbocycles. The fourth-order valence-electron chi connectivity index (χ4n) is 4.18. The summed E-state index contributed by atoms with van der Waals surface area (Å²) in [5.41, 5.74) is 2.10. The zero-order valence-corrected chi connectivity index (χ0v) is 16.4. The molecule has 0 aliphatic carbocycles. The molecule has 0 radical (unpaired) electrons. The summed E-state index contributed by atoms with van der Waals surface area (Å²) in [5.74, 6) is -0.169. The standard InChI is InChI=1S/C22H19ClN4O2/c23-15-6-7-18-17(13-15)20(28)26-22(25-18)8-11-27(12-9-22)21(29)16-5-1-3-14-4-2-10-24-19(14)16/h1-7,10,13,25H,8-9,11-12H2,(H,26,28). The first-order valence-corrected chi connectivity index (χ1v) is 9.96. The maximum Gasteiger partial charge on any atom is 0.256 e. The Labute approximate surface area is 172 Å². The van der Waals surface area contributed by atoms with Crippen molar-refractivity contribution in [2.75, 3.05) is 18.4 Å². The maximum absolute atomic E-state index is 13.1. The van der Waals surface area contributed by atoms with Gasteiger partial charge in [0.2, 0.25) is 0 Å². The smallest absolute Gasteiger partial charge is 0.256 e. The van der Waals surface area contributed by atoms with Gasteiger partial charge in [0.15, 0.2) is 0 Å². The van der Waals surface area contributed by atoms with Crippen molar-refractivity contribution in [1.82, 2.24) is 15.2 Å². The summed E-state index contributed by atoms with van der Waals surface area (Å²) >= 11 is 6.02. The van der Waals surface area contributed by atoms with Gasteiger partial charge in [-0.25, -0.2) is 0 Å². The summed E-state index contributed by atoms with van der Waals surface area (Å²) in [6, 6.07) is 14.7. The predicted octanol–water partition coefficient (Wildman–Crippen LogP) is 3.68. The molecule has 2 amide bonds. The van der Waals surface area contributed by atoms with Crippen LogP contribution in [0.1, 0.15) is 33.6 Å². The second kappa shape index (κ2) is 6.74. The van der Waals surface area contributed by atoms with Gasteiger partial charge in [-0.1, -0.05) is 29.8 Å². The quantitative estimate of drug-likeness (QED) is 0.646. The fraction of sp³-hybridized carbons (Fsp3) is 0.227. The molecular weight excluding hydrogens is 388 g/mol. The number of carbonyl (C=O) groups excluding carboxylic acids is 2. The number of hydrogen-bond donors (Lipinski definition) is 2. The van der Waals surface area contributed by atoms with Gasteiger partial charge in [-0.05, 0) is 30.3 Å². The number of nitrogens with zero attached hydrogens (tertiary/aromatic N) is 2.